The van der Waals surface area contributed by atoms with Gasteiger partial charge in [0, 0.05) is 31.8 Å². The zero-order valence-electron chi connectivity index (χ0n) is 14.3. The highest BCUT2D eigenvalue weighted by Gasteiger charge is 2.35. The van der Waals surface area contributed by atoms with Crippen LogP contribution in [0, 0.1) is 5.92 Å². The lowest BCUT2D eigenvalue weighted by atomic mass is 10.1. The summed E-state index contributed by atoms with van der Waals surface area (Å²) < 4.78 is 5.52. The molecule has 130 valence electrons. The van der Waals surface area contributed by atoms with Gasteiger partial charge in [-0.15, -0.1) is 0 Å². The fourth-order valence-electron chi connectivity index (χ4n) is 3.43. The first kappa shape index (κ1) is 17.0. The predicted molar refractivity (Wildman–Crippen MR) is 92.9 cm³/mol. The second-order valence-electron chi connectivity index (χ2n) is 6.70. The standard InChI is InChI=1S/C19H26N2O3/c1-2-4-14-6-8-16(9-7-14)21-13-15(11-18(21)22)19(23)20-12-17-5-3-10-24-17/h6-9,15,17H,2-5,10-13H2,1H3,(H,20,23)/t15-,17-/m0/s1. The maximum absolute atomic E-state index is 12.3. The zero-order chi connectivity index (χ0) is 16.9. The molecule has 1 aromatic carbocycles. The molecule has 2 aliphatic heterocycles. The second-order valence-corrected chi connectivity index (χ2v) is 6.70. The molecule has 2 heterocycles. The molecule has 2 amide bonds. The molecule has 0 spiro atoms. The third-order valence-electron chi connectivity index (χ3n) is 4.81. The van der Waals surface area contributed by atoms with Crippen molar-refractivity contribution in [2.45, 2.75) is 45.1 Å². The van der Waals surface area contributed by atoms with Gasteiger partial charge in [-0.2, -0.15) is 0 Å². The fourth-order valence-corrected chi connectivity index (χ4v) is 3.43. The van der Waals surface area contributed by atoms with Crippen molar-refractivity contribution in [1.82, 2.24) is 5.32 Å². The summed E-state index contributed by atoms with van der Waals surface area (Å²) in [6, 6.07) is 8.10. The van der Waals surface area contributed by atoms with E-state index in [1.807, 2.05) is 12.1 Å². The Hall–Kier alpha value is -1.88. The summed E-state index contributed by atoms with van der Waals surface area (Å²) in [6.07, 6.45) is 4.63. The molecular formula is C19H26N2O3. The van der Waals surface area contributed by atoms with Crippen LogP contribution in [0.4, 0.5) is 5.69 Å². The minimum Gasteiger partial charge on any atom is -0.376 e. The van der Waals surface area contributed by atoms with Crippen molar-refractivity contribution in [3.63, 3.8) is 0 Å². The lowest BCUT2D eigenvalue weighted by Gasteiger charge is -2.17. The van der Waals surface area contributed by atoms with Crippen LogP contribution in [0.15, 0.2) is 24.3 Å². The summed E-state index contributed by atoms with van der Waals surface area (Å²) in [7, 11) is 0. The Labute approximate surface area is 143 Å². The van der Waals surface area contributed by atoms with Crippen molar-refractivity contribution in [3.8, 4) is 0 Å². The van der Waals surface area contributed by atoms with Gasteiger partial charge in [-0.3, -0.25) is 9.59 Å². The van der Waals surface area contributed by atoms with Crippen LogP contribution in [0.2, 0.25) is 0 Å². The smallest absolute Gasteiger partial charge is 0.227 e. The normalized spacial score (nSPS) is 23.7. The summed E-state index contributed by atoms with van der Waals surface area (Å²) in [5.74, 6) is -0.284. The van der Waals surface area contributed by atoms with E-state index >= 15 is 0 Å². The van der Waals surface area contributed by atoms with Crippen molar-refractivity contribution in [3.05, 3.63) is 29.8 Å². The van der Waals surface area contributed by atoms with E-state index in [0.29, 0.717) is 13.1 Å². The quantitative estimate of drug-likeness (QED) is 0.870. The Bertz CT molecular complexity index is 579. The van der Waals surface area contributed by atoms with Crippen LogP contribution < -0.4 is 10.2 Å². The molecule has 2 atom stereocenters. The SMILES string of the molecule is CCCc1ccc(N2C[C@@H](C(=O)NC[C@@H]3CCCO3)CC2=O)cc1. The lowest BCUT2D eigenvalue weighted by Crippen LogP contribution is -2.37. The van der Waals surface area contributed by atoms with E-state index in [2.05, 4.69) is 24.4 Å². The van der Waals surface area contributed by atoms with Crippen LogP contribution >= 0.6 is 0 Å². The molecule has 1 aromatic rings. The van der Waals surface area contributed by atoms with E-state index in [0.717, 1.165) is 38.0 Å². The van der Waals surface area contributed by atoms with Crippen molar-refractivity contribution in [1.29, 1.82) is 0 Å². The van der Waals surface area contributed by atoms with Gasteiger partial charge in [-0.05, 0) is 37.0 Å². The number of hydrogen-bond donors (Lipinski definition) is 1. The second kappa shape index (κ2) is 7.79. The van der Waals surface area contributed by atoms with Crippen LogP contribution in [-0.4, -0.2) is 37.6 Å². The molecule has 5 nitrogen and oxygen atoms in total. The summed E-state index contributed by atoms with van der Waals surface area (Å²) in [4.78, 5) is 26.3. The van der Waals surface area contributed by atoms with E-state index in [9.17, 15) is 9.59 Å². The first-order valence-electron chi connectivity index (χ1n) is 8.96. The van der Waals surface area contributed by atoms with E-state index in [1.54, 1.807) is 4.90 Å². The highest BCUT2D eigenvalue weighted by atomic mass is 16.5. The molecule has 0 aromatic heterocycles. The molecule has 2 aliphatic rings. The van der Waals surface area contributed by atoms with Crippen LogP contribution in [0.1, 0.15) is 38.2 Å². The van der Waals surface area contributed by atoms with E-state index in [4.69, 9.17) is 4.74 Å². The zero-order valence-corrected chi connectivity index (χ0v) is 14.3. The molecule has 0 radical (unpaired) electrons. The molecule has 0 saturated carbocycles. The molecule has 5 heteroatoms. The maximum Gasteiger partial charge on any atom is 0.227 e. The number of aryl methyl sites for hydroxylation is 1. The van der Waals surface area contributed by atoms with Crippen molar-refractivity contribution in [2.75, 3.05) is 24.6 Å². The van der Waals surface area contributed by atoms with Gasteiger partial charge in [0.2, 0.25) is 11.8 Å². The van der Waals surface area contributed by atoms with Gasteiger partial charge < -0.3 is 15.0 Å². The largest absolute Gasteiger partial charge is 0.376 e. The number of anilines is 1. The number of ether oxygens (including phenoxy) is 1. The predicted octanol–water partition coefficient (Wildman–Crippen LogP) is 2.29. The average Bonchev–Trinajstić information content (AvgIpc) is 3.23. The first-order chi connectivity index (χ1) is 11.7. The number of carbonyl (C=O) groups is 2. The average molecular weight is 330 g/mol. The Morgan fingerprint density at radius 3 is 2.79 bits per heavy atom. The highest BCUT2D eigenvalue weighted by molar-refractivity contribution is 6.00. The Kier molecular flexibility index (Phi) is 5.51. The van der Waals surface area contributed by atoms with E-state index in [-0.39, 0.29) is 30.3 Å². The number of nitrogens with zero attached hydrogens (tertiary/aromatic N) is 1. The summed E-state index contributed by atoms with van der Waals surface area (Å²) in [5, 5.41) is 2.94. The van der Waals surface area contributed by atoms with Gasteiger partial charge in [-0.25, -0.2) is 0 Å². The molecule has 3 rings (SSSR count). The molecule has 0 aliphatic carbocycles. The van der Waals surface area contributed by atoms with Gasteiger partial charge in [-0.1, -0.05) is 25.5 Å². The Morgan fingerprint density at radius 2 is 2.12 bits per heavy atom. The van der Waals surface area contributed by atoms with Gasteiger partial charge in [0.15, 0.2) is 0 Å². The monoisotopic (exact) mass is 330 g/mol. The van der Waals surface area contributed by atoms with Crippen LogP contribution in [0.5, 0.6) is 0 Å². The number of carbonyl (C=O) groups excluding carboxylic acids is 2. The third-order valence-corrected chi connectivity index (χ3v) is 4.81. The summed E-state index contributed by atoms with van der Waals surface area (Å²) in [6.45, 7) is 3.94. The lowest BCUT2D eigenvalue weighted by molar-refractivity contribution is -0.126. The van der Waals surface area contributed by atoms with Gasteiger partial charge >= 0.3 is 0 Å². The van der Waals surface area contributed by atoms with E-state index < -0.39 is 0 Å². The summed E-state index contributed by atoms with van der Waals surface area (Å²) in [5.41, 5.74) is 2.16. The van der Waals surface area contributed by atoms with Crippen molar-refractivity contribution < 1.29 is 14.3 Å². The number of nitrogens with one attached hydrogen (secondary N) is 1. The number of hydrogen-bond acceptors (Lipinski definition) is 3. The van der Waals surface area contributed by atoms with Gasteiger partial charge in [0.1, 0.15) is 0 Å². The van der Waals surface area contributed by atoms with Gasteiger partial charge in [0.25, 0.3) is 0 Å². The number of benzene rings is 1. The number of rotatable bonds is 6. The maximum atomic E-state index is 12.3. The van der Waals surface area contributed by atoms with E-state index in [1.165, 1.54) is 5.56 Å². The topological polar surface area (TPSA) is 58.6 Å². The molecule has 2 saturated heterocycles. The van der Waals surface area contributed by atoms with Crippen LogP contribution in [-0.2, 0) is 20.7 Å². The minimum absolute atomic E-state index is 0.0236. The Morgan fingerprint density at radius 1 is 1.33 bits per heavy atom. The summed E-state index contributed by atoms with van der Waals surface area (Å²) >= 11 is 0. The van der Waals surface area contributed by atoms with Gasteiger partial charge in [0.05, 0.1) is 12.0 Å². The van der Waals surface area contributed by atoms with Crippen LogP contribution in [0.3, 0.4) is 0 Å². The highest BCUT2D eigenvalue weighted by Crippen LogP contribution is 2.26. The third kappa shape index (κ3) is 3.96. The Balaban J connectivity index is 1.55. The molecule has 0 unspecified atom stereocenters. The van der Waals surface area contributed by atoms with Crippen LogP contribution in [0.25, 0.3) is 0 Å². The molecular weight excluding hydrogens is 304 g/mol. The molecule has 2 fully saturated rings. The van der Waals surface area contributed by atoms with Crippen molar-refractivity contribution >= 4 is 17.5 Å². The molecule has 1 N–H and O–H groups in total. The fraction of sp³-hybridized carbons (Fsp3) is 0.579. The molecule has 0 bridgehead atoms. The number of amides is 2. The first-order valence-corrected chi connectivity index (χ1v) is 8.96. The molecule has 24 heavy (non-hydrogen) atoms. The van der Waals surface area contributed by atoms with Crippen molar-refractivity contribution in [2.24, 2.45) is 5.92 Å². The minimum atomic E-state index is -0.269.